The summed E-state index contributed by atoms with van der Waals surface area (Å²) in [5.74, 6) is 1.70. The van der Waals surface area contributed by atoms with Gasteiger partial charge in [0.05, 0.1) is 5.69 Å². The molecule has 3 N–H and O–H groups in total. The molecule has 182 valence electrons. The first kappa shape index (κ1) is 22.8. The molecule has 2 aliphatic rings. The molecule has 0 bridgehead atoms. The Bertz CT molecular complexity index is 1220. The summed E-state index contributed by atoms with van der Waals surface area (Å²) in [7, 11) is 0. The Kier molecular flexibility index (Phi) is 6.60. The highest BCUT2D eigenvalue weighted by molar-refractivity contribution is 5.94. The molecule has 0 radical (unpaired) electrons. The lowest BCUT2D eigenvalue weighted by Gasteiger charge is -2.35. The van der Waals surface area contributed by atoms with Gasteiger partial charge in [-0.2, -0.15) is 0 Å². The number of carbonyl (C=O) groups excluding carboxylic acids is 2. The highest BCUT2D eigenvalue weighted by Crippen LogP contribution is 2.31. The van der Waals surface area contributed by atoms with Crippen LogP contribution in [0.25, 0.3) is 22.0 Å². The van der Waals surface area contributed by atoms with E-state index >= 15 is 0 Å². The molecule has 0 aromatic carbocycles. The molecule has 1 aliphatic heterocycles. The molecule has 2 fully saturated rings. The average molecular weight is 476 g/mol. The lowest BCUT2D eigenvalue weighted by molar-refractivity contribution is 0.120. The van der Waals surface area contributed by atoms with Gasteiger partial charge in [0.1, 0.15) is 11.6 Å². The number of rotatable bonds is 4. The Balaban J connectivity index is 1.40. The third kappa shape index (κ3) is 5.26. The fraction of sp³-hybridized carbons (Fsp3) is 0.400. The van der Waals surface area contributed by atoms with Crippen LogP contribution in [0.1, 0.15) is 32.1 Å². The minimum Gasteiger partial charge on any atom is -0.367 e. The molecule has 10 nitrogen and oxygen atoms in total. The van der Waals surface area contributed by atoms with Crippen LogP contribution in [0.2, 0.25) is 0 Å². The molecule has 0 atom stereocenters. The number of amides is 2. The molecule has 10 heteroatoms. The maximum Gasteiger partial charge on any atom is 0.418 e. The third-order valence-electron chi connectivity index (χ3n) is 6.65. The molecular weight excluding hydrogens is 446 g/mol. The van der Waals surface area contributed by atoms with Crippen molar-refractivity contribution in [2.45, 2.75) is 38.1 Å². The summed E-state index contributed by atoms with van der Waals surface area (Å²) < 4.78 is 4.51. The summed E-state index contributed by atoms with van der Waals surface area (Å²) in [5.41, 5.74) is 6.79. The highest BCUT2D eigenvalue weighted by Gasteiger charge is 2.25. The Morgan fingerprint density at radius 2 is 1.83 bits per heavy atom. The van der Waals surface area contributed by atoms with Gasteiger partial charge in [-0.15, -0.1) is 0 Å². The molecule has 0 unspecified atom stereocenters. The van der Waals surface area contributed by atoms with Gasteiger partial charge in [-0.3, -0.25) is 4.98 Å². The Morgan fingerprint density at radius 1 is 1.03 bits per heavy atom. The second-order valence-electron chi connectivity index (χ2n) is 9.00. The smallest absolute Gasteiger partial charge is 0.367 e. The number of nitrogens with one attached hydrogen (secondary N) is 1. The maximum absolute atomic E-state index is 12.0. The molecule has 1 saturated heterocycles. The summed E-state index contributed by atoms with van der Waals surface area (Å²) in [4.78, 5) is 40.4. The maximum atomic E-state index is 12.0. The number of fused-ring (bicyclic) bond motifs is 1. The predicted molar refractivity (Wildman–Crippen MR) is 133 cm³/mol. The summed E-state index contributed by atoms with van der Waals surface area (Å²) in [6.45, 7) is 1.89. The summed E-state index contributed by atoms with van der Waals surface area (Å²) in [5, 5.41) is 5.57. The summed E-state index contributed by atoms with van der Waals surface area (Å²) >= 11 is 0. The van der Waals surface area contributed by atoms with Crippen molar-refractivity contribution < 1.29 is 14.3 Å². The van der Waals surface area contributed by atoms with Crippen LogP contribution in [-0.4, -0.2) is 64.3 Å². The number of piperazine rings is 1. The highest BCUT2D eigenvalue weighted by atomic mass is 16.6. The molecule has 35 heavy (non-hydrogen) atoms. The van der Waals surface area contributed by atoms with Crippen LogP contribution >= 0.6 is 0 Å². The van der Waals surface area contributed by atoms with Crippen LogP contribution in [0, 0.1) is 0 Å². The Hall–Kier alpha value is -3.95. The van der Waals surface area contributed by atoms with Gasteiger partial charge < -0.3 is 25.6 Å². The number of pyridine rings is 3. The monoisotopic (exact) mass is 475 g/mol. The fourth-order valence-corrected chi connectivity index (χ4v) is 4.84. The number of carbonyl (C=O) groups is 2. The molecule has 4 heterocycles. The molecule has 5 rings (SSSR count). The first-order valence-corrected chi connectivity index (χ1v) is 12.1. The molecular formula is C25H29N7O3. The summed E-state index contributed by atoms with van der Waals surface area (Å²) in [6.07, 6.45) is 9.77. The minimum atomic E-state index is -1.10. The number of nitrogens with two attached hydrogens (primary N) is 1. The fourth-order valence-electron chi connectivity index (χ4n) is 4.84. The zero-order chi connectivity index (χ0) is 24.2. The molecule has 2 amide bonds. The van der Waals surface area contributed by atoms with E-state index in [4.69, 9.17) is 10.7 Å². The van der Waals surface area contributed by atoms with Gasteiger partial charge in [-0.25, -0.2) is 19.6 Å². The van der Waals surface area contributed by atoms with Crippen LogP contribution in [-0.2, 0) is 4.74 Å². The van der Waals surface area contributed by atoms with E-state index in [0.717, 1.165) is 33.7 Å². The number of aromatic nitrogens is 3. The predicted octanol–water partition coefficient (Wildman–Crippen LogP) is 3.77. The van der Waals surface area contributed by atoms with Crippen LogP contribution in [0.15, 0.2) is 42.9 Å². The van der Waals surface area contributed by atoms with Crippen LogP contribution in [0.5, 0.6) is 0 Å². The normalized spacial score (nSPS) is 16.8. The van der Waals surface area contributed by atoms with Gasteiger partial charge in [-0.05, 0) is 37.1 Å². The van der Waals surface area contributed by atoms with E-state index in [1.165, 1.54) is 37.0 Å². The van der Waals surface area contributed by atoms with E-state index < -0.39 is 12.2 Å². The molecule has 3 aromatic rings. The van der Waals surface area contributed by atoms with Crippen LogP contribution < -0.4 is 16.0 Å². The largest absolute Gasteiger partial charge is 0.418 e. The first-order chi connectivity index (χ1) is 17.1. The van der Waals surface area contributed by atoms with E-state index in [-0.39, 0.29) is 0 Å². The summed E-state index contributed by atoms with van der Waals surface area (Å²) in [6, 6.07) is 8.50. The van der Waals surface area contributed by atoms with Gasteiger partial charge in [0, 0.05) is 67.1 Å². The number of anilines is 2. The van der Waals surface area contributed by atoms with Crippen molar-refractivity contribution in [2.75, 3.05) is 36.4 Å². The second kappa shape index (κ2) is 10.1. The topological polar surface area (TPSA) is 127 Å². The van der Waals surface area contributed by atoms with E-state index in [1.807, 2.05) is 30.6 Å². The Labute approximate surface area is 203 Å². The van der Waals surface area contributed by atoms with Gasteiger partial charge >= 0.3 is 12.2 Å². The van der Waals surface area contributed by atoms with Gasteiger partial charge in [0.2, 0.25) is 0 Å². The van der Waals surface area contributed by atoms with E-state index in [0.29, 0.717) is 32.2 Å². The lowest BCUT2D eigenvalue weighted by atomic mass is 9.95. The number of hydrogen-bond acceptors (Lipinski definition) is 8. The van der Waals surface area contributed by atoms with Crippen molar-refractivity contribution in [3.63, 3.8) is 0 Å². The van der Waals surface area contributed by atoms with Crippen LogP contribution in [0.4, 0.5) is 21.2 Å². The number of primary amides is 1. The van der Waals surface area contributed by atoms with Crippen molar-refractivity contribution in [1.82, 2.24) is 19.9 Å². The van der Waals surface area contributed by atoms with Gasteiger partial charge in [0.25, 0.3) is 0 Å². The molecule has 3 aromatic heterocycles. The SMILES string of the molecule is NC(=O)OC(=O)N1CCN(c2nc(-c3ccnc(NC4CCCCC4)c3)cc3cnccc23)CC1. The average Bonchev–Trinajstić information content (AvgIpc) is 2.88. The van der Waals surface area contributed by atoms with Crippen molar-refractivity contribution in [3.8, 4) is 11.3 Å². The van der Waals surface area contributed by atoms with E-state index in [2.05, 4.69) is 31.0 Å². The molecule has 1 aliphatic carbocycles. The minimum absolute atomic E-state index is 0.398. The van der Waals surface area contributed by atoms with Crippen molar-refractivity contribution in [1.29, 1.82) is 0 Å². The molecule has 1 saturated carbocycles. The van der Waals surface area contributed by atoms with Crippen molar-refractivity contribution >= 4 is 34.6 Å². The zero-order valence-corrected chi connectivity index (χ0v) is 19.5. The Morgan fingerprint density at radius 3 is 2.60 bits per heavy atom. The van der Waals surface area contributed by atoms with Gasteiger partial charge in [-0.1, -0.05) is 19.3 Å². The van der Waals surface area contributed by atoms with Crippen LogP contribution in [0.3, 0.4) is 0 Å². The zero-order valence-electron chi connectivity index (χ0n) is 19.5. The van der Waals surface area contributed by atoms with Crippen molar-refractivity contribution in [2.24, 2.45) is 5.73 Å². The third-order valence-corrected chi connectivity index (χ3v) is 6.65. The van der Waals surface area contributed by atoms with Crippen molar-refractivity contribution in [3.05, 3.63) is 42.9 Å². The van der Waals surface area contributed by atoms with E-state index in [9.17, 15) is 9.59 Å². The lowest BCUT2D eigenvalue weighted by Crippen LogP contribution is -2.49. The number of ether oxygens (including phenoxy) is 1. The first-order valence-electron chi connectivity index (χ1n) is 12.1. The number of hydrogen-bond donors (Lipinski definition) is 2. The van der Waals surface area contributed by atoms with Gasteiger partial charge in [0.15, 0.2) is 0 Å². The number of nitrogens with zero attached hydrogens (tertiary/aromatic N) is 5. The standard InChI is InChI=1S/C25H29N7O3/c26-24(33)35-25(34)32-12-10-31(11-13-32)23-20-7-8-27-16-18(20)14-21(30-23)17-6-9-28-22(15-17)29-19-4-2-1-3-5-19/h6-9,14-16,19H,1-5,10-13H2,(H2,26,33)(H,28,29). The van der Waals surface area contributed by atoms with E-state index in [1.54, 1.807) is 6.20 Å². The second-order valence-corrected chi connectivity index (χ2v) is 9.00. The quantitative estimate of drug-likeness (QED) is 0.546. The molecule has 0 spiro atoms.